The lowest BCUT2D eigenvalue weighted by molar-refractivity contribution is -0.146. The zero-order valence-electron chi connectivity index (χ0n) is 9.92. The van der Waals surface area contributed by atoms with Gasteiger partial charge in [-0.05, 0) is 37.8 Å². The zero-order valence-corrected chi connectivity index (χ0v) is 9.92. The van der Waals surface area contributed by atoms with E-state index in [0.29, 0.717) is 24.9 Å². The Kier molecular flexibility index (Phi) is 5.69. The van der Waals surface area contributed by atoms with E-state index >= 15 is 0 Å². The molecule has 1 aliphatic heterocycles. The van der Waals surface area contributed by atoms with Crippen molar-refractivity contribution in [3.63, 3.8) is 0 Å². The fourth-order valence-electron chi connectivity index (χ4n) is 1.73. The van der Waals surface area contributed by atoms with Crippen LogP contribution in [0.1, 0.15) is 41.0 Å². The van der Waals surface area contributed by atoms with Crippen LogP contribution in [0.15, 0.2) is 0 Å². The molecular formula is C12H25NO2. The van der Waals surface area contributed by atoms with E-state index in [1.54, 1.807) is 0 Å². The third kappa shape index (κ3) is 5.17. The number of rotatable bonds is 5. The molecule has 1 N–H and O–H groups in total. The van der Waals surface area contributed by atoms with Gasteiger partial charge in [-0.3, -0.25) is 4.79 Å². The summed E-state index contributed by atoms with van der Waals surface area (Å²) >= 11 is 0. The molecular weight excluding hydrogens is 190 g/mol. The second-order valence-corrected chi connectivity index (χ2v) is 4.59. The summed E-state index contributed by atoms with van der Waals surface area (Å²) in [7, 11) is 0. The summed E-state index contributed by atoms with van der Waals surface area (Å²) in [5.41, 5.74) is 0. The third-order valence-electron chi connectivity index (χ3n) is 3.14. The van der Waals surface area contributed by atoms with Crippen LogP contribution in [0.3, 0.4) is 0 Å². The van der Waals surface area contributed by atoms with Crippen molar-refractivity contribution >= 4 is 5.97 Å². The molecule has 3 heteroatoms. The van der Waals surface area contributed by atoms with Crippen LogP contribution in [0, 0.1) is 11.8 Å². The smallest absolute Gasteiger partial charge is 0.306 e. The Labute approximate surface area is 94.1 Å². The second-order valence-electron chi connectivity index (χ2n) is 4.59. The molecule has 1 saturated heterocycles. The second kappa shape index (κ2) is 6.83. The number of hydrogen-bond donors (Lipinski definition) is 1. The Bertz CT molecular complexity index is 193. The number of hydrogen-bond acceptors (Lipinski definition) is 3. The molecule has 0 aliphatic carbocycles. The van der Waals surface area contributed by atoms with E-state index in [2.05, 4.69) is 19.2 Å². The maximum absolute atomic E-state index is 11.5. The first-order valence-corrected chi connectivity index (χ1v) is 6.08. The molecule has 90 valence electrons. The van der Waals surface area contributed by atoms with Gasteiger partial charge in [-0.25, -0.2) is 0 Å². The van der Waals surface area contributed by atoms with Crippen molar-refractivity contribution in [2.75, 3.05) is 19.7 Å². The molecule has 3 nitrogen and oxygen atoms in total. The van der Waals surface area contributed by atoms with Crippen molar-refractivity contribution in [3.8, 4) is 0 Å². The number of esters is 1. The standard InChI is InChI=1S/C12H23NO2.H2/c1-3-10(2)9-15-12(14)8-11-4-6-13-7-5-11;/h10-11,13H,3-9H2,1-2H3;1H. The summed E-state index contributed by atoms with van der Waals surface area (Å²) in [4.78, 5) is 11.5. The number of nitrogens with one attached hydrogen (secondary N) is 1. The minimum atomic E-state index is -0.0119. The van der Waals surface area contributed by atoms with Crippen molar-refractivity contribution in [2.45, 2.75) is 39.5 Å². The van der Waals surface area contributed by atoms with E-state index in [4.69, 9.17) is 4.74 Å². The largest absolute Gasteiger partial charge is 0.465 e. The van der Waals surface area contributed by atoms with Gasteiger partial charge in [0, 0.05) is 7.85 Å². The lowest BCUT2D eigenvalue weighted by atomic mass is 9.95. The van der Waals surface area contributed by atoms with Gasteiger partial charge in [-0.15, -0.1) is 0 Å². The van der Waals surface area contributed by atoms with Crippen molar-refractivity contribution in [2.24, 2.45) is 11.8 Å². The maximum atomic E-state index is 11.5. The quantitative estimate of drug-likeness (QED) is 0.715. The van der Waals surface area contributed by atoms with Crippen LogP contribution in [0.25, 0.3) is 0 Å². The molecule has 15 heavy (non-hydrogen) atoms. The maximum Gasteiger partial charge on any atom is 0.306 e. The predicted molar refractivity (Wildman–Crippen MR) is 62.7 cm³/mol. The van der Waals surface area contributed by atoms with Crippen LogP contribution >= 0.6 is 0 Å². The highest BCUT2D eigenvalue weighted by atomic mass is 16.5. The Balaban J connectivity index is 0.00000225. The van der Waals surface area contributed by atoms with E-state index < -0.39 is 0 Å². The van der Waals surface area contributed by atoms with Gasteiger partial charge < -0.3 is 10.1 Å². The summed E-state index contributed by atoms with van der Waals surface area (Å²) in [5.74, 6) is 1.01. The minimum absolute atomic E-state index is 0. The van der Waals surface area contributed by atoms with Crippen molar-refractivity contribution in [3.05, 3.63) is 0 Å². The number of piperidine rings is 1. The Morgan fingerprint density at radius 1 is 1.53 bits per heavy atom. The van der Waals surface area contributed by atoms with Gasteiger partial charge in [-0.1, -0.05) is 20.3 Å². The third-order valence-corrected chi connectivity index (χ3v) is 3.14. The highest BCUT2D eigenvalue weighted by Crippen LogP contribution is 2.16. The predicted octanol–water partition coefficient (Wildman–Crippen LogP) is 2.21. The molecule has 0 saturated carbocycles. The lowest BCUT2D eigenvalue weighted by Crippen LogP contribution is -2.29. The van der Waals surface area contributed by atoms with Crippen LogP contribution in [-0.4, -0.2) is 25.7 Å². The Morgan fingerprint density at radius 3 is 2.80 bits per heavy atom. The molecule has 0 aromatic heterocycles. The Hall–Kier alpha value is -0.570. The van der Waals surface area contributed by atoms with Crippen molar-refractivity contribution < 1.29 is 11.0 Å². The van der Waals surface area contributed by atoms with Crippen molar-refractivity contribution in [1.82, 2.24) is 5.32 Å². The summed E-state index contributed by atoms with van der Waals surface area (Å²) < 4.78 is 5.24. The molecule has 1 aliphatic rings. The fraction of sp³-hybridized carbons (Fsp3) is 0.917. The molecule has 0 spiro atoms. The van der Waals surface area contributed by atoms with E-state index in [1.807, 2.05) is 0 Å². The van der Waals surface area contributed by atoms with Gasteiger partial charge in [0.25, 0.3) is 0 Å². The monoisotopic (exact) mass is 215 g/mol. The summed E-state index contributed by atoms with van der Waals surface area (Å²) in [6.45, 7) is 6.90. The Morgan fingerprint density at radius 2 is 2.20 bits per heavy atom. The number of carbonyl (C=O) groups excluding carboxylic acids is 1. The summed E-state index contributed by atoms with van der Waals surface area (Å²) in [6, 6.07) is 0. The average Bonchev–Trinajstić information content (AvgIpc) is 2.27. The highest BCUT2D eigenvalue weighted by Gasteiger charge is 2.17. The molecule has 1 atom stereocenters. The topological polar surface area (TPSA) is 38.3 Å². The molecule has 0 radical (unpaired) electrons. The molecule has 0 aromatic rings. The van der Waals surface area contributed by atoms with Crippen LogP contribution in [-0.2, 0) is 9.53 Å². The molecule has 1 rings (SSSR count). The van der Waals surface area contributed by atoms with Gasteiger partial charge in [0.2, 0.25) is 0 Å². The molecule has 1 heterocycles. The molecule has 0 bridgehead atoms. The summed E-state index contributed by atoms with van der Waals surface area (Å²) in [6.07, 6.45) is 3.90. The first-order valence-electron chi connectivity index (χ1n) is 6.08. The van der Waals surface area contributed by atoms with Crippen LogP contribution in [0.4, 0.5) is 0 Å². The van der Waals surface area contributed by atoms with Crippen molar-refractivity contribution in [1.29, 1.82) is 0 Å². The molecule has 1 unspecified atom stereocenters. The fourth-order valence-corrected chi connectivity index (χ4v) is 1.73. The van der Waals surface area contributed by atoms with Gasteiger partial charge >= 0.3 is 5.97 Å². The average molecular weight is 215 g/mol. The van der Waals surface area contributed by atoms with Crippen LogP contribution in [0.2, 0.25) is 0 Å². The van der Waals surface area contributed by atoms with E-state index in [9.17, 15) is 4.79 Å². The number of ether oxygens (including phenoxy) is 1. The first-order chi connectivity index (χ1) is 7.22. The van der Waals surface area contributed by atoms with Gasteiger partial charge in [0.05, 0.1) is 6.61 Å². The first kappa shape index (κ1) is 12.5. The minimum Gasteiger partial charge on any atom is -0.465 e. The zero-order chi connectivity index (χ0) is 11.1. The molecule has 0 aromatic carbocycles. The number of carbonyl (C=O) groups is 1. The normalized spacial score (nSPS) is 19.9. The molecule has 1 fully saturated rings. The van der Waals surface area contributed by atoms with Gasteiger partial charge in [-0.2, -0.15) is 0 Å². The summed E-state index contributed by atoms with van der Waals surface area (Å²) in [5, 5.41) is 3.30. The van der Waals surface area contributed by atoms with E-state index in [-0.39, 0.29) is 7.40 Å². The SMILES string of the molecule is CCC(C)COC(=O)CC1CCNCC1.[HH]. The van der Waals surface area contributed by atoms with E-state index in [1.165, 1.54) is 0 Å². The highest BCUT2D eigenvalue weighted by molar-refractivity contribution is 5.69. The lowest BCUT2D eigenvalue weighted by Gasteiger charge is -2.21. The van der Waals surface area contributed by atoms with Crippen LogP contribution < -0.4 is 5.32 Å². The van der Waals surface area contributed by atoms with Gasteiger partial charge in [0.15, 0.2) is 0 Å². The molecule has 0 amide bonds. The van der Waals surface area contributed by atoms with E-state index in [0.717, 1.165) is 32.4 Å². The van der Waals surface area contributed by atoms with Crippen LogP contribution in [0.5, 0.6) is 0 Å². The van der Waals surface area contributed by atoms with Gasteiger partial charge in [0.1, 0.15) is 0 Å².